The van der Waals surface area contributed by atoms with Crippen molar-refractivity contribution in [3.05, 3.63) is 45.6 Å². The molecule has 0 atom stereocenters. The lowest BCUT2D eigenvalue weighted by atomic mass is 10.1. The summed E-state index contributed by atoms with van der Waals surface area (Å²) in [6.07, 6.45) is 3.01. The molecule has 0 aliphatic carbocycles. The van der Waals surface area contributed by atoms with Gasteiger partial charge in [-0.15, -0.1) is 11.3 Å². The van der Waals surface area contributed by atoms with Gasteiger partial charge < -0.3 is 15.4 Å². The highest BCUT2D eigenvalue weighted by Gasteiger charge is 2.14. The van der Waals surface area contributed by atoms with Gasteiger partial charge in [0.1, 0.15) is 5.75 Å². The number of benzene rings is 1. The van der Waals surface area contributed by atoms with Gasteiger partial charge in [0.25, 0.3) is 11.8 Å². The first-order valence-corrected chi connectivity index (χ1v) is 9.81. The summed E-state index contributed by atoms with van der Waals surface area (Å²) >= 11 is 1.56. The molecular formula is C20H26N2O3S. The Morgan fingerprint density at radius 2 is 1.96 bits per heavy atom. The molecule has 0 radical (unpaired) electrons. The summed E-state index contributed by atoms with van der Waals surface area (Å²) in [5, 5.41) is 5.58. The zero-order valence-corrected chi connectivity index (χ0v) is 16.4. The van der Waals surface area contributed by atoms with Crippen LogP contribution in [0.1, 0.15) is 47.3 Å². The molecule has 0 bridgehead atoms. The molecular weight excluding hydrogens is 348 g/mol. The highest BCUT2D eigenvalue weighted by Crippen LogP contribution is 2.26. The zero-order valence-electron chi connectivity index (χ0n) is 15.6. The van der Waals surface area contributed by atoms with E-state index in [1.165, 1.54) is 10.4 Å². The second kappa shape index (κ2) is 9.97. The maximum atomic E-state index is 12.6. The van der Waals surface area contributed by atoms with E-state index in [4.69, 9.17) is 4.74 Å². The second-order valence-corrected chi connectivity index (χ2v) is 7.02. The van der Waals surface area contributed by atoms with Gasteiger partial charge in [-0.3, -0.25) is 9.59 Å². The summed E-state index contributed by atoms with van der Waals surface area (Å²) in [5.74, 6) is 0.255. The molecule has 2 rings (SSSR count). The maximum Gasteiger partial charge on any atom is 0.265 e. The molecule has 0 aliphatic heterocycles. The summed E-state index contributed by atoms with van der Waals surface area (Å²) in [6, 6.07) is 9.06. The molecule has 0 aliphatic rings. The van der Waals surface area contributed by atoms with E-state index >= 15 is 0 Å². The maximum absolute atomic E-state index is 12.6. The topological polar surface area (TPSA) is 67.4 Å². The van der Waals surface area contributed by atoms with Gasteiger partial charge in [0, 0.05) is 23.2 Å². The fourth-order valence-corrected chi connectivity index (χ4v) is 3.82. The minimum Gasteiger partial charge on any atom is -0.484 e. The Labute approximate surface area is 158 Å². The van der Waals surface area contributed by atoms with Gasteiger partial charge in [-0.2, -0.15) is 0 Å². The number of rotatable bonds is 9. The molecule has 1 heterocycles. The van der Waals surface area contributed by atoms with E-state index in [9.17, 15) is 9.59 Å². The van der Waals surface area contributed by atoms with Crippen LogP contribution in [0.15, 0.2) is 30.3 Å². The average Bonchev–Trinajstić information content (AvgIpc) is 3.04. The number of likely N-dealkylation sites (N-methyl/N-ethyl adjacent to an activating group) is 1. The SMILES string of the molecule is CCCc1sc(C(=O)Nc2cccc(OCC(=O)NCC)c2)cc1CC. The fraction of sp³-hybridized carbons (Fsp3) is 0.400. The summed E-state index contributed by atoms with van der Waals surface area (Å²) < 4.78 is 5.46. The van der Waals surface area contributed by atoms with Gasteiger partial charge in [-0.1, -0.05) is 26.3 Å². The van der Waals surface area contributed by atoms with Crippen molar-refractivity contribution in [3.8, 4) is 5.75 Å². The first-order valence-electron chi connectivity index (χ1n) is 8.99. The highest BCUT2D eigenvalue weighted by molar-refractivity contribution is 7.14. The standard InChI is InChI=1S/C20H26N2O3S/c1-4-8-17-14(5-2)11-18(26-17)20(24)22-15-9-7-10-16(12-15)25-13-19(23)21-6-3/h7,9-12H,4-6,8,13H2,1-3H3,(H,21,23)(H,22,24). The van der Waals surface area contributed by atoms with Crippen LogP contribution in [0.25, 0.3) is 0 Å². The number of anilines is 1. The van der Waals surface area contributed by atoms with Crippen LogP contribution in [0, 0.1) is 0 Å². The lowest BCUT2D eigenvalue weighted by molar-refractivity contribution is -0.122. The van der Waals surface area contributed by atoms with E-state index < -0.39 is 0 Å². The number of carbonyl (C=O) groups is 2. The molecule has 0 saturated heterocycles. The van der Waals surface area contributed by atoms with Crippen molar-refractivity contribution in [1.29, 1.82) is 0 Å². The predicted octanol–water partition coefficient (Wildman–Crippen LogP) is 4.03. The van der Waals surface area contributed by atoms with Crippen LogP contribution in [0.3, 0.4) is 0 Å². The first kappa shape index (κ1) is 20.0. The Balaban J connectivity index is 2.02. The molecule has 5 nitrogen and oxygen atoms in total. The Morgan fingerprint density at radius 1 is 1.15 bits per heavy atom. The minimum absolute atomic E-state index is 0.0452. The molecule has 140 valence electrons. The van der Waals surface area contributed by atoms with Crippen molar-refractivity contribution in [1.82, 2.24) is 5.32 Å². The second-order valence-electron chi connectivity index (χ2n) is 5.89. The van der Waals surface area contributed by atoms with Gasteiger partial charge >= 0.3 is 0 Å². The number of carbonyl (C=O) groups excluding carboxylic acids is 2. The van der Waals surface area contributed by atoms with Crippen LogP contribution in [0.2, 0.25) is 0 Å². The number of hydrogen-bond donors (Lipinski definition) is 2. The molecule has 26 heavy (non-hydrogen) atoms. The van der Waals surface area contributed by atoms with E-state index in [2.05, 4.69) is 24.5 Å². The van der Waals surface area contributed by atoms with Crippen molar-refractivity contribution in [3.63, 3.8) is 0 Å². The van der Waals surface area contributed by atoms with Crippen molar-refractivity contribution in [2.45, 2.75) is 40.0 Å². The molecule has 0 unspecified atom stereocenters. The van der Waals surface area contributed by atoms with E-state index in [1.54, 1.807) is 35.6 Å². The monoisotopic (exact) mass is 374 g/mol. The average molecular weight is 375 g/mol. The molecule has 0 fully saturated rings. The van der Waals surface area contributed by atoms with Crippen LogP contribution in [0.4, 0.5) is 5.69 Å². The van der Waals surface area contributed by atoms with Crippen molar-refractivity contribution in [2.75, 3.05) is 18.5 Å². The molecule has 0 saturated carbocycles. The molecule has 2 aromatic rings. The summed E-state index contributed by atoms with van der Waals surface area (Å²) in [7, 11) is 0. The van der Waals surface area contributed by atoms with Gasteiger partial charge in [0.15, 0.2) is 6.61 Å². The third-order valence-electron chi connectivity index (χ3n) is 3.81. The number of aryl methyl sites for hydroxylation is 2. The van der Waals surface area contributed by atoms with E-state index in [1.807, 2.05) is 13.0 Å². The lowest BCUT2D eigenvalue weighted by Crippen LogP contribution is -2.28. The van der Waals surface area contributed by atoms with E-state index in [0.29, 0.717) is 18.0 Å². The van der Waals surface area contributed by atoms with Gasteiger partial charge in [-0.05, 0) is 43.5 Å². The number of hydrogen-bond acceptors (Lipinski definition) is 4. The van der Waals surface area contributed by atoms with E-state index in [0.717, 1.165) is 24.1 Å². The smallest absolute Gasteiger partial charge is 0.265 e. The van der Waals surface area contributed by atoms with Gasteiger partial charge in [0.2, 0.25) is 0 Å². The summed E-state index contributed by atoms with van der Waals surface area (Å²) in [4.78, 5) is 26.0. The van der Waals surface area contributed by atoms with Crippen LogP contribution in [-0.2, 0) is 17.6 Å². The minimum atomic E-state index is -0.170. The lowest BCUT2D eigenvalue weighted by Gasteiger charge is -2.08. The molecule has 1 aromatic heterocycles. The summed E-state index contributed by atoms with van der Waals surface area (Å²) in [5.41, 5.74) is 1.90. The molecule has 6 heteroatoms. The normalized spacial score (nSPS) is 10.4. The van der Waals surface area contributed by atoms with Gasteiger partial charge in [-0.25, -0.2) is 0 Å². The third kappa shape index (κ3) is 5.59. The quantitative estimate of drug-likeness (QED) is 0.696. The Bertz CT molecular complexity index is 755. The molecule has 1 aromatic carbocycles. The van der Waals surface area contributed by atoms with Crippen molar-refractivity contribution in [2.24, 2.45) is 0 Å². The molecule has 2 N–H and O–H groups in total. The van der Waals surface area contributed by atoms with E-state index in [-0.39, 0.29) is 18.4 Å². The fourth-order valence-electron chi connectivity index (χ4n) is 2.57. The van der Waals surface area contributed by atoms with Crippen LogP contribution in [0.5, 0.6) is 5.75 Å². The number of thiophene rings is 1. The number of nitrogens with one attached hydrogen (secondary N) is 2. The van der Waals surface area contributed by atoms with Crippen molar-refractivity contribution >= 4 is 28.8 Å². The number of amides is 2. The zero-order chi connectivity index (χ0) is 18.9. The molecule has 2 amide bonds. The highest BCUT2D eigenvalue weighted by atomic mass is 32.1. The Kier molecular flexibility index (Phi) is 7.66. The Morgan fingerprint density at radius 3 is 2.65 bits per heavy atom. The third-order valence-corrected chi connectivity index (χ3v) is 5.05. The summed E-state index contributed by atoms with van der Waals surface area (Å²) in [6.45, 7) is 6.63. The largest absolute Gasteiger partial charge is 0.484 e. The predicted molar refractivity (Wildman–Crippen MR) is 106 cm³/mol. The van der Waals surface area contributed by atoms with Gasteiger partial charge in [0.05, 0.1) is 4.88 Å². The first-order chi connectivity index (χ1) is 12.6. The van der Waals surface area contributed by atoms with Crippen LogP contribution < -0.4 is 15.4 Å². The van der Waals surface area contributed by atoms with Crippen molar-refractivity contribution < 1.29 is 14.3 Å². The number of ether oxygens (including phenoxy) is 1. The van der Waals surface area contributed by atoms with Crippen LogP contribution in [-0.4, -0.2) is 25.0 Å². The Hall–Kier alpha value is -2.34. The van der Waals surface area contributed by atoms with Crippen LogP contribution >= 0.6 is 11.3 Å². The molecule has 0 spiro atoms.